The molecule has 2 aliphatic rings. The Bertz CT molecular complexity index is 837. The lowest BCUT2D eigenvalue weighted by atomic mass is 9.73. The molecule has 2 saturated heterocycles. The number of morpholine rings is 1. The van der Waals surface area contributed by atoms with E-state index in [0.717, 1.165) is 30.0 Å². The van der Waals surface area contributed by atoms with Crippen LogP contribution in [0.3, 0.4) is 0 Å². The van der Waals surface area contributed by atoms with Crippen molar-refractivity contribution in [3.63, 3.8) is 0 Å². The van der Waals surface area contributed by atoms with E-state index in [2.05, 4.69) is 20.2 Å². The maximum atomic E-state index is 13.5. The van der Waals surface area contributed by atoms with Crippen molar-refractivity contribution in [3.05, 3.63) is 47.3 Å². The first-order valence-corrected chi connectivity index (χ1v) is 10.2. The smallest absolute Gasteiger partial charge is 0.235 e. The normalized spacial score (nSPS) is 19.0. The van der Waals surface area contributed by atoms with E-state index < -0.39 is 5.41 Å². The summed E-state index contributed by atoms with van der Waals surface area (Å²) in [4.78, 5) is 25.0. The molecule has 1 N–H and O–H groups in total. The van der Waals surface area contributed by atoms with Gasteiger partial charge in [-0.25, -0.2) is 9.97 Å². The van der Waals surface area contributed by atoms with Crippen molar-refractivity contribution in [3.8, 4) is 0 Å². The summed E-state index contributed by atoms with van der Waals surface area (Å²) in [7, 11) is 0. The number of carbonyl (C=O) groups excluding carboxylic acids is 1. The largest absolute Gasteiger partial charge is 0.381 e. The summed E-state index contributed by atoms with van der Waals surface area (Å²) in [5, 5.41) is 3.15. The maximum absolute atomic E-state index is 13.5. The molecule has 1 aromatic carbocycles. The van der Waals surface area contributed by atoms with E-state index in [1.54, 1.807) is 0 Å². The Labute approximate surface area is 171 Å². The van der Waals surface area contributed by atoms with Crippen molar-refractivity contribution in [1.82, 2.24) is 9.97 Å². The van der Waals surface area contributed by atoms with Gasteiger partial charge in [0, 0.05) is 26.3 Å². The molecule has 1 aromatic heterocycles. The Balaban J connectivity index is 1.61. The van der Waals surface area contributed by atoms with Crippen LogP contribution in [-0.2, 0) is 19.7 Å². The lowest BCUT2D eigenvalue weighted by molar-refractivity contribution is -0.125. The highest BCUT2D eigenvalue weighted by Gasteiger charge is 2.42. The topological polar surface area (TPSA) is 76.6 Å². The number of carbonyl (C=O) groups is 1. The van der Waals surface area contributed by atoms with Crippen molar-refractivity contribution < 1.29 is 14.3 Å². The minimum absolute atomic E-state index is 0.0130. The minimum atomic E-state index is -0.596. The molecule has 0 atom stereocenters. The molecule has 7 heteroatoms. The third kappa shape index (κ3) is 3.97. The van der Waals surface area contributed by atoms with Crippen LogP contribution in [0.1, 0.15) is 29.8 Å². The Morgan fingerprint density at radius 2 is 1.55 bits per heavy atom. The molecule has 0 bridgehead atoms. The molecule has 0 saturated carbocycles. The molecule has 0 radical (unpaired) electrons. The predicted molar refractivity (Wildman–Crippen MR) is 111 cm³/mol. The molecule has 154 valence electrons. The average molecular weight is 396 g/mol. The first kappa shape index (κ1) is 19.8. The highest BCUT2D eigenvalue weighted by atomic mass is 16.5. The highest BCUT2D eigenvalue weighted by molar-refractivity contribution is 6.00. The number of hydrogen-bond donors (Lipinski definition) is 1. The molecule has 2 aromatic rings. The lowest BCUT2D eigenvalue weighted by Gasteiger charge is -2.36. The van der Waals surface area contributed by atoms with Crippen molar-refractivity contribution in [2.75, 3.05) is 49.7 Å². The van der Waals surface area contributed by atoms with Crippen LogP contribution in [-0.4, -0.2) is 55.4 Å². The molecular weight excluding hydrogens is 368 g/mol. The fourth-order valence-electron chi connectivity index (χ4n) is 4.14. The van der Waals surface area contributed by atoms with Crippen LogP contribution < -0.4 is 10.2 Å². The number of nitrogens with one attached hydrogen (secondary N) is 1. The number of aryl methyl sites for hydroxylation is 2. The Kier molecular flexibility index (Phi) is 5.78. The van der Waals surface area contributed by atoms with Crippen LogP contribution in [0.2, 0.25) is 0 Å². The second-order valence-electron chi connectivity index (χ2n) is 7.68. The zero-order valence-corrected chi connectivity index (χ0v) is 17.1. The summed E-state index contributed by atoms with van der Waals surface area (Å²) in [6.07, 6.45) is 1.32. The highest BCUT2D eigenvalue weighted by Crippen LogP contribution is 2.36. The summed E-state index contributed by atoms with van der Waals surface area (Å²) in [6, 6.07) is 10.00. The van der Waals surface area contributed by atoms with Gasteiger partial charge in [-0.05, 0) is 32.3 Å². The van der Waals surface area contributed by atoms with Gasteiger partial charge < -0.3 is 19.7 Å². The number of anilines is 2. The number of hydrogen-bond acceptors (Lipinski definition) is 6. The molecule has 7 nitrogen and oxygen atoms in total. The number of amides is 1. The van der Waals surface area contributed by atoms with Crippen molar-refractivity contribution in [1.29, 1.82) is 0 Å². The Morgan fingerprint density at radius 1 is 0.966 bits per heavy atom. The summed E-state index contributed by atoms with van der Waals surface area (Å²) < 4.78 is 11.0. The average Bonchev–Trinajstić information content (AvgIpc) is 2.77. The number of rotatable bonds is 4. The molecule has 1 amide bonds. The van der Waals surface area contributed by atoms with Gasteiger partial charge in [-0.2, -0.15) is 0 Å². The van der Waals surface area contributed by atoms with Gasteiger partial charge >= 0.3 is 0 Å². The van der Waals surface area contributed by atoms with Gasteiger partial charge in [-0.1, -0.05) is 30.3 Å². The third-order valence-electron chi connectivity index (χ3n) is 5.90. The summed E-state index contributed by atoms with van der Waals surface area (Å²) >= 11 is 0. The van der Waals surface area contributed by atoms with Gasteiger partial charge in [0.25, 0.3) is 0 Å². The van der Waals surface area contributed by atoms with Gasteiger partial charge in [-0.3, -0.25) is 4.79 Å². The standard InChI is InChI=1S/C22H28N4O3/c1-16-19(17(2)24-21(23-16)26-10-14-29-15-11-26)25-20(27)22(8-12-28-13-9-22)18-6-4-3-5-7-18/h3-7H,8-15H2,1-2H3,(H,25,27). The number of nitrogens with zero attached hydrogens (tertiary/aromatic N) is 3. The molecule has 2 fully saturated rings. The van der Waals surface area contributed by atoms with E-state index in [0.29, 0.717) is 50.9 Å². The first-order valence-electron chi connectivity index (χ1n) is 10.2. The van der Waals surface area contributed by atoms with E-state index in [1.807, 2.05) is 44.2 Å². The van der Waals surface area contributed by atoms with Crippen LogP contribution in [0.5, 0.6) is 0 Å². The Hall–Kier alpha value is -2.51. The molecule has 29 heavy (non-hydrogen) atoms. The number of benzene rings is 1. The van der Waals surface area contributed by atoms with Crippen LogP contribution in [0, 0.1) is 13.8 Å². The summed E-state index contributed by atoms with van der Waals surface area (Å²) in [6.45, 7) is 7.92. The zero-order chi connectivity index (χ0) is 20.3. The van der Waals surface area contributed by atoms with E-state index in [9.17, 15) is 4.79 Å². The van der Waals surface area contributed by atoms with E-state index in [4.69, 9.17) is 9.47 Å². The van der Waals surface area contributed by atoms with Gasteiger partial charge in [0.05, 0.1) is 35.7 Å². The SMILES string of the molecule is Cc1nc(N2CCOCC2)nc(C)c1NC(=O)C1(c2ccccc2)CCOCC1. The van der Waals surface area contributed by atoms with Crippen molar-refractivity contribution in [2.24, 2.45) is 0 Å². The zero-order valence-electron chi connectivity index (χ0n) is 17.1. The minimum Gasteiger partial charge on any atom is -0.381 e. The van der Waals surface area contributed by atoms with Crippen molar-refractivity contribution in [2.45, 2.75) is 32.1 Å². The van der Waals surface area contributed by atoms with Gasteiger partial charge in [0.1, 0.15) is 0 Å². The Morgan fingerprint density at radius 3 is 2.17 bits per heavy atom. The molecule has 0 aliphatic carbocycles. The van der Waals surface area contributed by atoms with Crippen LogP contribution in [0.15, 0.2) is 30.3 Å². The first-order chi connectivity index (χ1) is 14.1. The maximum Gasteiger partial charge on any atom is 0.235 e. The molecular formula is C22H28N4O3. The van der Waals surface area contributed by atoms with E-state index in [1.165, 1.54) is 0 Å². The molecule has 0 unspecified atom stereocenters. The van der Waals surface area contributed by atoms with Crippen LogP contribution >= 0.6 is 0 Å². The third-order valence-corrected chi connectivity index (χ3v) is 5.90. The van der Waals surface area contributed by atoms with E-state index in [-0.39, 0.29) is 5.91 Å². The number of aromatic nitrogens is 2. The molecule has 2 aliphatic heterocycles. The molecule has 3 heterocycles. The molecule has 4 rings (SSSR count). The fraction of sp³-hybridized carbons (Fsp3) is 0.500. The quantitative estimate of drug-likeness (QED) is 0.856. The lowest BCUT2D eigenvalue weighted by Crippen LogP contribution is -2.45. The second kappa shape index (κ2) is 8.47. The monoisotopic (exact) mass is 396 g/mol. The predicted octanol–water partition coefficient (Wildman–Crippen LogP) is 2.62. The van der Waals surface area contributed by atoms with Crippen LogP contribution in [0.25, 0.3) is 0 Å². The van der Waals surface area contributed by atoms with Crippen LogP contribution in [0.4, 0.5) is 11.6 Å². The summed E-state index contributed by atoms with van der Waals surface area (Å²) in [5.74, 6) is 0.686. The van der Waals surface area contributed by atoms with Crippen molar-refractivity contribution >= 4 is 17.5 Å². The second-order valence-corrected chi connectivity index (χ2v) is 7.68. The van der Waals surface area contributed by atoms with Gasteiger partial charge in [-0.15, -0.1) is 0 Å². The van der Waals surface area contributed by atoms with Gasteiger partial charge in [0.2, 0.25) is 11.9 Å². The van der Waals surface area contributed by atoms with Gasteiger partial charge in [0.15, 0.2) is 0 Å². The molecule has 0 spiro atoms. The summed E-state index contributed by atoms with van der Waals surface area (Å²) in [5.41, 5.74) is 2.70. The number of ether oxygens (including phenoxy) is 2. The van der Waals surface area contributed by atoms with E-state index >= 15 is 0 Å². The fourth-order valence-corrected chi connectivity index (χ4v) is 4.14.